The van der Waals surface area contributed by atoms with Crippen molar-refractivity contribution in [3.8, 4) is 5.75 Å². The number of carbonyl (C=O) groups is 2. The summed E-state index contributed by atoms with van der Waals surface area (Å²) in [6.07, 6.45) is 0.824. The molecule has 198 valence electrons. The van der Waals surface area contributed by atoms with Gasteiger partial charge in [-0.2, -0.15) is 4.89 Å². The molecule has 1 amide bonds. The summed E-state index contributed by atoms with van der Waals surface area (Å²) in [6, 6.07) is 14.1. The summed E-state index contributed by atoms with van der Waals surface area (Å²) in [5.41, 5.74) is 4.37. The predicted molar refractivity (Wildman–Crippen MR) is 144 cm³/mol. The van der Waals surface area contributed by atoms with Gasteiger partial charge in [0.25, 0.3) is 5.91 Å². The summed E-state index contributed by atoms with van der Waals surface area (Å²) in [4.78, 5) is 36.6. The third-order valence-corrected chi connectivity index (χ3v) is 8.69. The summed E-state index contributed by atoms with van der Waals surface area (Å²) in [7, 11) is 1.33. The molecule has 1 fully saturated rings. The van der Waals surface area contributed by atoms with Gasteiger partial charge in [0, 0.05) is 34.5 Å². The molecular weight excluding hydrogens is 498 g/mol. The zero-order chi connectivity index (χ0) is 26.6. The number of benzene rings is 3. The van der Waals surface area contributed by atoms with Crippen LogP contribution in [0, 0.1) is 5.92 Å². The van der Waals surface area contributed by atoms with Gasteiger partial charge in [-0.3, -0.25) is 9.68 Å². The van der Waals surface area contributed by atoms with E-state index in [1.54, 1.807) is 0 Å². The number of fused-ring (bicyclic) bond motifs is 13. The largest absolute Gasteiger partial charge is 0.494 e. The van der Waals surface area contributed by atoms with Gasteiger partial charge in [0.05, 0.1) is 41.3 Å². The highest BCUT2D eigenvalue weighted by Gasteiger charge is 2.56. The monoisotopic (exact) mass is 525 g/mol. The Labute approximate surface area is 223 Å². The van der Waals surface area contributed by atoms with Gasteiger partial charge in [-0.25, -0.2) is 4.79 Å². The third kappa shape index (κ3) is 2.71. The van der Waals surface area contributed by atoms with Gasteiger partial charge in [0.2, 0.25) is 0 Å². The van der Waals surface area contributed by atoms with Crippen LogP contribution in [0.1, 0.15) is 48.8 Å². The molecule has 1 saturated heterocycles. The molecule has 39 heavy (non-hydrogen) atoms. The molecular formula is C30H27N3O6. The fourth-order valence-electron chi connectivity index (χ4n) is 7.23. The van der Waals surface area contributed by atoms with Gasteiger partial charge < -0.3 is 23.9 Å². The Morgan fingerprint density at radius 2 is 1.97 bits per heavy atom. The van der Waals surface area contributed by atoms with Gasteiger partial charge >= 0.3 is 5.97 Å². The Bertz CT molecular complexity index is 1900. The fourth-order valence-corrected chi connectivity index (χ4v) is 7.23. The van der Waals surface area contributed by atoms with Crippen LogP contribution in [-0.2, 0) is 31.6 Å². The van der Waals surface area contributed by atoms with E-state index in [0.717, 1.165) is 61.3 Å². The van der Waals surface area contributed by atoms with Crippen molar-refractivity contribution >= 4 is 55.5 Å². The minimum absolute atomic E-state index is 0.0780. The molecule has 0 aliphatic carbocycles. The van der Waals surface area contributed by atoms with Crippen LogP contribution >= 0.6 is 0 Å². The van der Waals surface area contributed by atoms with Gasteiger partial charge in [-0.15, -0.1) is 0 Å². The van der Waals surface area contributed by atoms with Crippen molar-refractivity contribution in [1.82, 2.24) is 14.5 Å². The topological polar surface area (TPSA) is 93.0 Å². The predicted octanol–water partition coefficient (Wildman–Crippen LogP) is 5.26. The summed E-state index contributed by atoms with van der Waals surface area (Å²) < 4.78 is 17.2. The molecule has 0 saturated carbocycles. The molecule has 0 unspecified atom stereocenters. The highest BCUT2D eigenvalue weighted by atomic mass is 17.2. The van der Waals surface area contributed by atoms with Crippen LogP contribution in [0.5, 0.6) is 5.75 Å². The molecule has 3 atom stereocenters. The lowest BCUT2D eigenvalue weighted by molar-refractivity contribution is -0.264. The van der Waals surface area contributed by atoms with Crippen molar-refractivity contribution in [3.05, 3.63) is 53.6 Å². The summed E-state index contributed by atoms with van der Waals surface area (Å²) in [6.45, 7) is 5.06. The number of rotatable bonds is 5. The van der Waals surface area contributed by atoms with Gasteiger partial charge in [0.1, 0.15) is 17.9 Å². The lowest BCUT2D eigenvalue weighted by Gasteiger charge is -2.31. The van der Waals surface area contributed by atoms with Crippen LogP contribution in [-0.4, -0.2) is 34.7 Å². The second-order valence-corrected chi connectivity index (χ2v) is 10.7. The zero-order valence-corrected chi connectivity index (χ0v) is 21.9. The Kier molecular flexibility index (Phi) is 4.54. The maximum Gasteiger partial charge on any atom is 0.350 e. The minimum atomic E-state index is -1.05. The third-order valence-electron chi connectivity index (χ3n) is 8.69. The molecule has 1 N–H and O–H groups in total. The molecule has 3 aromatic carbocycles. The molecule has 5 aromatic rings. The van der Waals surface area contributed by atoms with Gasteiger partial charge in [-0.05, 0) is 43.2 Å². The number of para-hydroxylation sites is 1. The molecule has 3 aliphatic heterocycles. The van der Waals surface area contributed by atoms with Gasteiger partial charge in [0.15, 0.2) is 5.72 Å². The molecule has 3 aliphatic rings. The van der Waals surface area contributed by atoms with E-state index < -0.39 is 23.8 Å². The van der Waals surface area contributed by atoms with Crippen molar-refractivity contribution < 1.29 is 28.8 Å². The molecule has 0 spiro atoms. The Hall–Kier alpha value is -4.08. The van der Waals surface area contributed by atoms with Crippen molar-refractivity contribution in [2.24, 2.45) is 5.92 Å². The first kappa shape index (κ1) is 22.9. The molecule has 8 rings (SSSR count). The molecule has 0 radical (unpaired) electrons. The average molecular weight is 526 g/mol. The van der Waals surface area contributed by atoms with Crippen molar-refractivity contribution in [2.75, 3.05) is 13.7 Å². The van der Waals surface area contributed by atoms with E-state index >= 15 is 0 Å². The van der Waals surface area contributed by atoms with Crippen molar-refractivity contribution in [1.29, 1.82) is 0 Å². The van der Waals surface area contributed by atoms with Crippen LogP contribution in [0.2, 0.25) is 0 Å². The number of carbonyl (C=O) groups excluding carboxylic acids is 2. The highest BCUT2D eigenvalue weighted by Crippen LogP contribution is 2.56. The first-order chi connectivity index (χ1) is 19.0. The second kappa shape index (κ2) is 7.74. The van der Waals surface area contributed by atoms with E-state index in [9.17, 15) is 9.59 Å². The van der Waals surface area contributed by atoms with Crippen LogP contribution in [0.3, 0.4) is 0 Å². The van der Waals surface area contributed by atoms with Crippen LogP contribution in [0.4, 0.5) is 0 Å². The number of aromatic nitrogens is 2. The van der Waals surface area contributed by atoms with Crippen LogP contribution in [0.15, 0.2) is 42.5 Å². The molecule has 2 aromatic heterocycles. The number of ether oxygens (including phenoxy) is 2. The number of hydrogen-bond donors (Lipinski definition) is 1. The van der Waals surface area contributed by atoms with E-state index in [0.29, 0.717) is 25.1 Å². The van der Waals surface area contributed by atoms with Crippen LogP contribution in [0.25, 0.3) is 43.6 Å². The van der Waals surface area contributed by atoms with Crippen molar-refractivity contribution in [2.45, 2.75) is 45.2 Å². The molecule has 5 heterocycles. The van der Waals surface area contributed by atoms with E-state index in [4.69, 9.17) is 19.2 Å². The van der Waals surface area contributed by atoms with E-state index in [-0.39, 0.29) is 5.91 Å². The zero-order valence-electron chi connectivity index (χ0n) is 21.9. The summed E-state index contributed by atoms with van der Waals surface area (Å²) in [5.74, 6) is -0.419. The van der Waals surface area contributed by atoms with E-state index in [1.807, 2.05) is 43.3 Å². The fraction of sp³-hybridized carbons (Fsp3) is 0.333. The molecule has 9 nitrogen and oxygen atoms in total. The second-order valence-electron chi connectivity index (χ2n) is 10.7. The maximum atomic E-state index is 13.5. The quantitative estimate of drug-likeness (QED) is 0.249. The first-order valence-corrected chi connectivity index (χ1v) is 13.4. The first-order valence-electron chi connectivity index (χ1n) is 13.4. The van der Waals surface area contributed by atoms with Crippen molar-refractivity contribution in [3.63, 3.8) is 0 Å². The minimum Gasteiger partial charge on any atom is -0.494 e. The molecule has 9 heteroatoms. The van der Waals surface area contributed by atoms with E-state index in [1.165, 1.54) is 7.11 Å². The smallest absolute Gasteiger partial charge is 0.350 e. The number of amides is 1. The number of hydrogen-bond acceptors (Lipinski definition) is 6. The van der Waals surface area contributed by atoms with Crippen LogP contribution < -0.4 is 10.1 Å². The summed E-state index contributed by atoms with van der Waals surface area (Å²) >= 11 is 0. The SMILES string of the molecule is CCCOc1ccc2c(c1)c1c3c(c4c5ccccc5n5c4c1n2[C@@H]1C[C@H](C(=O)OOC)[C@]5(C)O1)CNC3=O. The Morgan fingerprint density at radius 3 is 2.79 bits per heavy atom. The number of nitrogens with one attached hydrogen (secondary N) is 1. The number of nitrogens with zero attached hydrogens (tertiary/aromatic N) is 2. The standard InChI is InChI=1S/C30H27N3O6/c1-4-11-37-15-9-10-20-17(12-15)24-25-18(14-31-28(25)34)23-16-7-5-6-8-21(16)33-27(23)26(24)32(20)22-13-19(29(35)39-36-3)30(33,2)38-22/h5-10,12,19,22H,4,11,13-14H2,1-3H3,(H,31,34)/t19-,22+,30+/m1/s1. The van der Waals surface area contributed by atoms with E-state index in [2.05, 4.69) is 27.4 Å². The maximum absolute atomic E-state index is 13.5. The highest BCUT2D eigenvalue weighted by molar-refractivity contribution is 6.31. The van der Waals surface area contributed by atoms with Gasteiger partial charge in [-0.1, -0.05) is 25.1 Å². The summed E-state index contributed by atoms with van der Waals surface area (Å²) in [5, 5.41) is 6.93. The normalized spacial score (nSPS) is 23.2. The Morgan fingerprint density at radius 1 is 1.13 bits per heavy atom. The Balaban J connectivity index is 1.60. The lowest BCUT2D eigenvalue weighted by atomic mass is 9.93. The lowest BCUT2D eigenvalue weighted by Crippen LogP contribution is -2.40. The molecule has 2 bridgehead atoms. The average Bonchev–Trinajstić information content (AvgIpc) is 3.65.